The molecular weight excluding hydrogens is 392 g/mol. The summed E-state index contributed by atoms with van der Waals surface area (Å²) in [6.07, 6.45) is 16.5. The van der Waals surface area contributed by atoms with Crippen molar-refractivity contribution in [3.05, 3.63) is 35.5 Å². The van der Waals surface area contributed by atoms with E-state index in [2.05, 4.69) is 46.8 Å². The zero-order valence-electron chi connectivity index (χ0n) is 22.0. The van der Waals surface area contributed by atoms with Gasteiger partial charge in [0.05, 0.1) is 11.7 Å². The molecule has 180 valence electrons. The molecule has 0 bridgehead atoms. The molecule has 0 aromatic carbocycles. The van der Waals surface area contributed by atoms with E-state index >= 15 is 0 Å². The van der Waals surface area contributed by atoms with Crippen molar-refractivity contribution in [3.63, 3.8) is 0 Å². The number of allylic oxidation sites excluding steroid dienone is 4. The molecule has 1 saturated carbocycles. The molecular formula is C30H48O2. The van der Waals surface area contributed by atoms with Crippen LogP contribution in [0.1, 0.15) is 100 Å². The largest absolute Gasteiger partial charge is 0.389 e. The third-order valence-electron chi connectivity index (χ3n) is 11.0. The van der Waals surface area contributed by atoms with Crippen LogP contribution >= 0.6 is 0 Å². The number of aliphatic hydroxyl groups is 2. The van der Waals surface area contributed by atoms with Crippen LogP contribution in [-0.4, -0.2) is 21.9 Å². The van der Waals surface area contributed by atoms with Gasteiger partial charge in [0.25, 0.3) is 0 Å². The van der Waals surface area contributed by atoms with Crippen molar-refractivity contribution in [2.24, 2.45) is 39.4 Å². The maximum atomic E-state index is 11.6. The normalized spacial score (nSPS) is 43.7. The second-order valence-corrected chi connectivity index (χ2v) is 13.6. The molecule has 0 aromatic heterocycles. The second-order valence-electron chi connectivity index (χ2n) is 13.6. The molecule has 2 nitrogen and oxygen atoms in total. The molecule has 7 atom stereocenters. The van der Waals surface area contributed by atoms with Crippen LogP contribution < -0.4 is 0 Å². The molecule has 1 fully saturated rings. The van der Waals surface area contributed by atoms with Gasteiger partial charge in [-0.05, 0) is 91.3 Å². The molecule has 0 aliphatic heterocycles. The second kappa shape index (κ2) is 7.57. The average molecular weight is 441 g/mol. The van der Waals surface area contributed by atoms with Crippen molar-refractivity contribution in [3.8, 4) is 0 Å². The van der Waals surface area contributed by atoms with Crippen LogP contribution in [0.3, 0.4) is 0 Å². The van der Waals surface area contributed by atoms with Crippen molar-refractivity contribution >= 4 is 0 Å². The first-order valence-electron chi connectivity index (χ1n) is 13.2. The highest BCUT2D eigenvalue weighted by molar-refractivity contribution is 5.40. The average Bonchev–Trinajstić information content (AvgIpc) is 2.97. The molecule has 2 N–H and O–H groups in total. The van der Waals surface area contributed by atoms with Crippen LogP contribution in [-0.2, 0) is 0 Å². The zero-order chi connectivity index (χ0) is 23.7. The third-order valence-corrected chi connectivity index (χ3v) is 11.0. The Morgan fingerprint density at radius 3 is 2.38 bits per heavy atom. The zero-order valence-corrected chi connectivity index (χ0v) is 22.0. The van der Waals surface area contributed by atoms with Gasteiger partial charge in [0.15, 0.2) is 0 Å². The van der Waals surface area contributed by atoms with Gasteiger partial charge in [-0.2, -0.15) is 0 Å². The highest BCUT2D eigenvalue weighted by Crippen LogP contribution is 2.72. The fourth-order valence-corrected chi connectivity index (χ4v) is 8.86. The summed E-state index contributed by atoms with van der Waals surface area (Å²) >= 11 is 0. The Kier molecular flexibility index (Phi) is 5.74. The molecule has 4 aliphatic rings. The van der Waals surface area contributed by atoms with Crippen molar-refractivity contribution in [2.75, 3.05) is 0 Å². The number of rotatable bonds is 4. The van der Waals surface area contributed by atoms with E-state index in [0.29, 0.717) is 0 Å². The van der Waals surface area contributed by atoms with Crippen LogP contribution in [0.5, 0.6) is 0 Å². The molecule has 0 aromatic rings. The first-order valence-corrected chi connectivity index (χ1v) is 13.2. The summed E-state index contributed by atoms with van der Waals surface area (Å²) in [5, 5.41) is 21.9. The summed E-state index contributed by atoms with van der Waals surface area (Å²) in [6, 6.07) is 0. The quantitative estimate of drug-likeness (QED) is 0.453. The fourth-order valence-electron chi connectivity index (χ4n) is 8.86. The highest BCUT2D eigenvalue weighted by Gasteiger charge is 2.64. The smallest absolute Gasteiger partial charge is 0.0834 e. The fraction of sp³-hybridized carbons (Fsp3) is 0.800. The Labute approximate surface area is 197 Å². The minimum Gasteiger partial charge on any atom is -0.389 e. The van der Waals surface area contributed by atoms with Gasteiger partial charge in [-0.25, -0.2) is 0 Å². The number of aliphatic hydroxyl groups excluding tert-OH is 1. The molecule has 0 radical (unpaired) electrons. The van der Waals surface area contributed by atoms with Crippen molar-refractivity contribution in [1.29, 1.82) is 0 Å². The van der Waals surface area contributed by atoms with E-state index in [1.807, 2.05) is 32.9 Å². The molecule has 7 unspecified atom stereocenters. The Morgan fingerprint density at radius 2 is 1.72 bits per heavy atom. The maximum absolute atomic E-state index is 11.6. The number of hydrogen-bond donors (Lipinski definition) is 2. The van der Waals surface area contributed by atoms with Crippen LogP contribution in [0, 0.1) is 39.4 Å². The van der Waals surface area contributed by atoms with E-state index in [1.54, 1.807) is 11.1 Å². The lowest BCUT2D eigenvalue weighted by Gasteiger charge is -2.60. The van der Waals surface area contributed by atoms with Crippen LogP contribution in [0.25, 0.3) is 0 Å². The molecule has 2 heteroatoms. The van der Waals surface area contributed by atoms with E-state index in [1.165, 1.54) is 32.1 Å². The third kappa shape index (κ3) is 3.34. The molecule has 32 heavy (non-hydrogen) atoms. The van der Waals surface area contributed by atoms with E-state index in [-0.39, 0.29) is 33.5 Å². The van der Waals surface area contributed by atoms with Crippen LogP contribution in [0.4, 0.5) is 0 Å². The van der Waals surface area contributed by atoms with Gasteiger partial charge in [-0.3, -0.25) is 0 Å². The predicted molar refractivity (Wildman–Crippen MR) is 134 cm³/mol. The Morgan fingerprint density at radius 1 is 1.03 bits per heavy atom. The lowest BCUT2D eigenvalue weighted by molar-refractivity contribution is -0.0501. The molecule has 0 saturated heterocycles. The first kappa shape index (κ1) is 24.3. The predicted octanol–water partition coefficient (Wildman–Crippen LogP) is 7.23. The lowest BCUT2D eigenvalue weighted by Crippen LogP contribution is -2.52. The SMILES string of the molecule is CC(C)C(O)C=CC(C)(O)C1CCC2(C)C3=C(CCC12C)C1(C)CC=CC(C)(C)C1CC3. The van der Waals surface area contributed by atoms with Crippen molar-refractivity contribution < 1.29 is 10.2 Å². The van der Waals surface area contributed by atoms with E-state index in [0.717, 1.165) is 18.8 Å². The summed E-state index contributed by atoms with van der Waals surface area (Å²) in [4.78, 5) is 0. The molecule has 4 aliphatic carbocycles. The minimum absolute atomic E-state index is 0.0890. The highest BCUT2D eigenvalue weighted by atomic mass is 16.3. The van der Waals surface area contributed by atoms with E-state index in [9.17, 15) is 10.2 Å². The summed E-state index contributed by atoms with van der Waals surface area (Å²) in [7, 11) is 0. The first-order chi connectivity index (χ1) is 14.7. The monoisotopic (exact) mass is 440 g/mol. The van der Waals surface area contributed by atoms with Gasteiger partial charge in [0.2, 0.25) is 0 Å². The topological polar surface area (TPSA) is 40.5 Å². The molecule has 0 heterocycles. The Hall–Kier alpha value is -0.860. The maximum Gasteiger partial charge on any atom is 0.0834 e. The minimum atomic E-state index is -0.892. The summed E-state index contributed by atoms with van der Waals surface area (Å²) in [5.41, 5.74) is 3.45. The van der Waals surface area contributed by atoms with Crippen molar-refractivity contribution in [1.82, 2.24) is 0 Å². The Bertz CT molecular complexity index is 843. The van der Waals surface area contributed by atoms with Gasteiger partial charge >= 0.3 is 0 Å². The van der Waals surface area contributed by atoms with Gasteiger partial charge in [-0.15, -0.1) is 0 Å². The van der Waals surface area contributed by atoms with E-state index < -0.39 is 11.7 Å². The number of hydrogen-bond acceptors (Lipinski definition) is 2. The summed E-state index contributed by atoms with van der Waals surface area (Å²) < 4.78 is 0. The van der Waals surface area contributed by atoms with Gasteiger partial charge in [-0.1, -0.05) is 83.9 Å². The molecule has 4 rings (SSSR count). The van der Waals surface area contributed by atoms with Gasteiger partial charge in [0.1, 0.15) is 0 Å². The Balaban J connectivity index is 1.70. The molecule has 0 amide bonds. The van der Waals surface area contributed by atoms with Crippen molar-refractivity contribution in [2.45, 2.75) is 112 Å². The van der Waals surface area contributed by atoms with E-state index in [4.69, 9.17) is 0 Å². The summed E-state index contributed by atoms with van der Waals surface area (Å²) in [6.45, 7) is 18.4. The van der Waals surface area contributed by atoms with Gasteiger partial charge < -0.3 is 10.2 Å². The van der Waals surface area contributed by atoms with Crippen LogP contribution in [0.2, 0.25) is 0 Å². The lowest BCUT2D eigenvalue weighted by atomic mass is 9.44. The molecule has 0 spiro atoms. The number of fused-ring (bicyclic) bond motifs is 4. The summed E-state index contributed by atoms with van der Waals surface area (Å²) in [5.74, 6) is 1.11. The van der Waals surface area contributed by atoms with Crippen LogP contribution in [0.15, 0.2) is 35.5 Å². The van der Waals surface area contributed by atoms with Gasteiger partial charge in [0, 0.05) is 0 Å². The standard InChI is InChI=1S/C30H48O2/c1-20(2)23(31)13-19-30(8,32)25-14-18-28(6)22-10-11-24-26(3,4)15-9-16-27(24,5)21(22)12-17-29(25,28)7/h9,13,15,19-20,23-25,31-32H,10-12,14,16-18H2,1-8H3.